The Labute approximate surface area is 138 Å². The number of rotatable bonds is 6. The number of hydrogen-bond donors (Lipinski definition) is 2. The standard InChI is InChI=1S/C19H28N2O2/c1-12(2)15-5-3-4-6-16(15)23-10-9-21-19(22)17-13-7-8-14(11-13)18(17)20/h3-6,12-14,17-18H,7-11,20H2,1-2H3,(H,21,22). The Bertz CT molecular complexity index is 556. The van der Waals surface area contributed by atoms with Crippen molar-refractivity contribution in [2.24, 2.45) is 23.5 Å². The van der Waals surface area contributed by atoms with Crippen LogP contribution >= 0.6 is 0 Å². The normalized spacial score (nSPS) is 29.0. The molecule has 23 heavy (non-hydrogen) atoms. The maximum atomic E-state index is 12.4. The third-order valence-corrected chi connectivity index (χ3v) is 5.48. The first-order valence-corrected chi connectivity index (χ1v) is 8.83. The van der Waals surface area contributed by atoms with Gasteiger partial charge >= 0.3 is 0 Å². The highest BCUT2D eigenvalue weighted by atomic mass is 16.5. The Morgan fingerprint density at radius 1 is 1.30 bits per heavy atom. The van der Waals surface area contributed by atoms with E-state index < -0.39 is 0 Å². The number of ether oxygens (including phenoxy) is 1. The van der Waals surface area contributed by atoms with Crippen LogP contribution in [0.4, 0.5) is 0 Å². The minimum atomic E-state index is 0.0108. The number of nitrogens with two attached hydrogens (primary N) is 1. The topological polar surface area (TPSA) is 64.3 Å². The molecular weight excluding hydrogens is 288 g/mol. The molecule has 0 aromatic heterocycles. The van der Waals surface area contributed by atoms with Crippen LogP contribution < -0.4 is 15.8 Å². The SMILES string of the molecule is CC(C)c1ccccc1OCCNC(=O)C1C2CCC(C2)C1N. The summed E-state index contributed by atoms with van der Waals surface area (Å²) in [6.07, 6.45) is 3.50. The molecule has 3 rings (SSSR count). The second-order valence-corrected chi connectivity index (χ2v) is 7.27. The van der Waals surface area contributed by atoms with Crippen LogP contribution in [0.1, 0.15) is 44.6 Å². The molecule has 2 aliphatic carbocycles. The monoisotopic (exact) mass is 316 g/mol. The van der Waals surface area contributed by atoms with Crippen LogP contribution in [0.5, 0.6) is 5.75 Å². The van der Waals surface area contributed by atoms with Gasteiger partial charge < -0.3 is 15.8 Å². The van der Waals surface area contributed by atoms with Gasteiger partial charge in [0.2, 0.25) is 5.91 Å². The molecule has 3 N–H and O–H groups in total. The predicted octanol–water partition coefficient (Wildman–Crippen LogP) is 2.68. The van der Waals surface area contributed by atoms with Gasteiger partial charge in [-0.1, -0.05) is 32.0 Å². The minimum absolute atomic E-state index is 0.0108. The number of carbonyl (C=O) groups is 1. The van der Waals surface area contributed by atoms with Crippen LogP contribution in [-0.2, 0) is 4.79 Å². The van der Waals surface area contributed by atoms with E-state index in [0.717, 1.165) is 18.6 Å². The number of fused-ring (bicyclic) bond motifs is 2. The number of para-hydroxylation sites is 1. The summed E-state index contributed by atoms with van der Waals surface area (Å²) >= 11 is 0. The molecule has 0 heterocycles. The van der Waals surface area contributed by atoms with Crippen molar-refractivity contribution in [2.75, 3.05) is 13.2 Å². The van der Waals surface area contributed by atoms with Gasteiger partial charge in [-0.15, -0.1) is 0 Å². The minimum Gasteiger partial charge on any atom is -0.491 e. The van der Waals surface area contributed by atoms with Crippen LogP contribution in [-0.4, -0.2) is 25.1 Å². The summed E-state index contributed by atoms with van der Waals surface area (Å²) < 4.78 is 5.85. The van der Waals surface area contributed by atoms with Crippen LogP contribution in [0.3, 0.4) is 0 Å². The van der Waals surface area contributed by atoms with Gasteiger partial charge in [0.1, 0.15) is 12.4 Å². The fourth-order valence-corrected chi connectivity index (χ4v) is 4.27. The first-order chi connectivity index (χ1) is 11.1. The predicted molar refractivity (Wildman–Crippen MR) is 91.3 cm³/mol. The number of carbonyl (C=O) groups excluding carboxylic acids is 1. The van der Waals surface area contributed by atoms with E-state index in [0.29, 0.717) is 30.9 Å². The van der Waals surface area contributed by atoms with Crippen molar-refractivity contribution in [3.05, 3.63) is 29.8 Å². The molecule has 4 nitrogen and oxygen atoms in total. The first kappa shape index (κ1) is 16.3. The van der Waals surface area contributed by atoms with Crippen molar-refractivity contribution in [3.63, 3.8) is 0 Å². The lowest BCUT2D eigenvalue weighted by Crippen LogP contribution is -2.46. The fourth-order valence-electron chi connectivity index (χ4n) is 4.27. The quantitative estimate of drug-likeness (QED) is 0.793. The van der Waals surface area contributed by atoms with Gasteiger partial charge in [0.05, 0.1) is 12.5 Å². The summed E-state index contributed by atoms with van der Waals surface area (Å²) in [5.41, 5.74) is 7.42. The molecule has 0 spiro atoms. The van der Waals surface area contributed by atoms with Crippen LogP contribution in [0.2, 0.25) is 0 Å². The lowest BCUT2D eigenvalue weighted by atomic mass is 9.84. The molecule has 2 fully saturated rings. The molecule has 1 aromatic carbocycles. The van der Waals surface area contributed by atoms with Crippen LogP contribution in [0, 0.1) is 17.8 Å². The van der Waals surface area contributed by atoms with Gasteiger partial charge in [-0.05, 0) is 48.6 Å². The molecule has 4 heteroatoms. The molecule has 2 saturated carbocycles. The van der Waals surface area contributed by atoms with Gasteiger partial charge in [0.25, 0.3) is 0 Å². The zero-order valence-corrected chi connectivity index (χ0v) is 14.1. The summed E-state index contributed by atoms with van der Waals surface area (Å²) in [5.74, 6) is 2.52. The van der Waals surface area contributed by atoms with Gasteiger partial charge in [0, 0.05) is 6.04 Å². The molecule has 126 valence electrons. The van der Waals surface area contributed by atoms with Crippen molar-refractivity contribution < 1.29 is 9.53 Å². The van der Waals surface area contributed by atoms with Crippen molar-refractivity contribution >= 4 is 5.91 Å². The smallest absolute Gasteiger partial charge is 0.225 e. The van der Waals surface area contributed by atoms with E-state index in [9.17, 15) is 4.79 Å². The molecule has 1 amide bonds. The molecule has 4 atom stereocenters. The molecular formula is C19H28N2O2. The van der Waals surface area contributed by atoms with Crippen LogP contribution in [0.25, 0.3) is 0 Å². The average molecular weight is 316 g/mol. The Morgan fingerprint density at radius 3 is 2.74 bits per heavy atom. The van der Waals surface area contributed by atoms with Crippen molar-refractivity contribution in [3.8, 4) is 5.75 Å². The van der Waals surface area contributed by atoms with E-state index in [1.807, 2.05) is 18.2 Å². The van der Waals surface area contributed by atoms with Crippen molar-refractivity contribution in [1.29, 1.82) is 0 Å². The maximum absolute atomic E-state index is 12.4. The number of amides is 1. The lowest BCUT2D eigenvalue weighted by molar-refractivity contribution is -0.127. The Balaban J connectivity index is 1.46. The Morgan fingerprint density at radius 2 is 2.04 bits per heavy atom. The molecule has 2 aliphatic rings. The number of benzene rings is 1. The second-order valence-electron chi connectivity index (χ2n) is 7.27. The summed E-state index contributed by atoms with van der Waals surface area (Å²) in [5, 5.41) is 3.01. The van der Waals surface area contributed by atoms with Gasteiger partial charge in [-0.2, -0.15) is 0 Å². The van der Waals surface area contributed by atoms with Gasteiger partial charge in [0.15, 0.2) is 0 Å². The molecule has 0 saturated heterocycles. The zero-order valence-electron chi connectivity index (χ0n) is 14.1. The summed E-state index contributed by atoms with van der Waals surface area (Å²) in [4.78, 5) is 12.4. The third-order valence-electron chi connectivity index (χ3n) is 5.48. The summed E-state index contributed by atoms with van der Waals surface area (Å²) in [6.45, 7) is 5.33. The molecule has 4 unspecified atom stereocenters. The van der Waals surface area contributed by atoms with Gasteiger partial charge in [-0.25, -0.2) is 0 Å². The number of nitrogens with one attached hydrogen (secondary N) is 1. The largest absolute Gasteiger partial charge is 0.491 e. The zero-order chi connectivity index (χ0) is 16.4. The highest BCUT2D eigenvalue weighted by molar-refractivity contribution is 5.80. The average Bonchev–Trinajstić information content (AvgIpc) is 3.12. The fraction of sp³-hybridized carbons (Fsp3) is 0.632. The van der Waals surface area contributed by atoms with Crippen molar-refractivity contribution in [2.45, 2.75) is 45.1 Å². The van der Waals surface area contributed by atoms with E-state index in [1.165, 1.54) is 12.0 Å². The van der Waals surface area contributed by atoms with E-state index in [2.05, 4.69) is 25.2 Å². The van der Waals surface area contributed by atoms with Crippen molar-refractivity contribution in [1.82, 2.24) is 5.32 Å². The summed E-state index contributed by atoms with van der Waals surface area (Å²) in [7, 11) is 0. The van der Waals surface area contributed by atoms with E-state index in [4.69, 9.17) is 10.5 Å². The Kier molecular flexibility index (Phi) is 4.90. The Hall–Kier alpha value is -1.55. The highest BCUT2D eigenvalue weighted by Crippen LogP contribution is 2.47. The molecule has 0 aliphatic heterocycles. The summed E-state index contributed by atoms with van der Waals surface area (Å²) in [6, 6.07) is 8.14. The van der Waals surface area contributed by atoms with E-state index >= 15 is 0 Å². The molecule has 1 aromatic rings. The maximum Gasteiger partial charge on any atom is 0.225 e. The van der Waals surface area contributed by atoms with E-state index in [-0.39, 0.29) is 17.9 Å². The highest BCUT2D eigenvalue weighted by Gasteiger charge is 2.48. The second kappa shape index (κ2) is 6.91. The third kappa shape index (κ3) is 3.37. The van der Waals surface area contributed by atoms with Crippen LogP contribution in [0.15, 0.2) is 24.3 Å². The molecule has 0 radical (unpaired) electrons. The first-order valence-electron chi connectivity index (χ1n) is 8.83. The molecule has 2 bridgehead atoms. The lowest BCUT2D eigenvalue weighted by Gasteiger charge is -2.27. The van der Waals surface area contributed by atoms with Gasteiger partial charge in [-0.3, -0.25) is 4.79 Å². The number of hydrogen-bond acceptors (Lipinski definition) is 3. The van der Waals surface area contributed by atoms with E-state index in [1.54, 1.807) is 0 Å².